The summed E-state index contributed by atoms with van der Waals surface area (Å²) in [5.41, 5.74) is 0. The van der Waals surface area contributed by atoms with Crippen LogP contribution in [0.15, 0.2) is 0 Å². The number of likely N-dealkylation sites (tertiary alicyclic amines) is 1. The van der Waals surface area contributed by atoms with Gasteiger partial charge in [-0.15, -0.1) is 0 Å². The summed E-state index contributed by atoms with van der Waals surface area (Å²) in [7, 11) is 0. The summed E-state index contributed by atoms with van der Waals surface area (Å²) in [4.78, 5) is 27.6. The standard InChI is InChI=1S/C50H95NO5/c1-42(2)46-31-29-44(5)41-45(6)30-32-47(43(3)4)34-40-56-50(53)28-20-16-12-8-10-14-18-26-48(54-38-24-23-37-51-35-21-22-36-51)25-17-13-9-7-11-15-19-27-49(52)55-39-33-46/h42-48H,7-41H2,1-6H3. The van der Waals surface area contributed by atoms with Crippen molar-refractivity contribution in [3.8, 4) is 0 Å². The SMILES string of the molecule is CC1CCC(C(C)C)CCOC(=O)CCCCCCCCCC(OCCCCN2CCCC2)CCCCCCCCCC(=O)OCCC(C(C)C)CCC(C)C1. The normalized spacial score (nSPS) is 28.2. The molecule has 0 amide bonds. The van der Waals surface area contributed by atoms with E-state index in [1.165, 1.54) is 154 Å². The zero-order valence-corrected chi connectivity index (χ0v) is 38.3. The lowest BCUT2D eigenvalue weighted by molar-refractivity contribution is -0.145. The number of hydrogen-bond acceptors (Lipinski definition) is 6. The molecule has 2 heterocycles. The fourth-order valence-corrected chi connectivity index (χ4v) is 9.39. The third-order valence-electron chi connectivity index (χ3n) is 13.5. The number of carbonyl (C=O) groups is 2. The van der Waals surface area contributed by atoms with Gasteiger partial charge in [-0.1, -0.05) is 131 Å². The molecule has 0 aromatic heterocycles. The highest BCUT2D eigenvalue weighted by Gasteiger charge is 2.20. The van der Waals surface area contributed by atoms with Crippen LogP contribution in [0.5, 0.6) is 0 Å². The maximum atomic E-state index is 12.5. The topological polar surface area (TPSA) is 65.1 Å². The van der Waals surface area contributed by atoms with Crippen LogP contribution < -0.4 is 0 Å². The lowest BCUT2D eigenvalue weighted by Crippen LogP contribution is -2.21. The first-order chi connectivity index (χ1) is 27.1. The van der Waals surface area contributed by atoms with Crippen LogP contribution in [0.1, 0.15) is 228 Å². The Morgan fingerprint density at radius 2 is 0.964 bits per heavy atom. The van der Waals surface area contributed by atoms with E-state index >= 15 is 0 Å². The van der Waals surface area contributed by atoms with Gasteiger partial charge in [-0.3, -0.25) is 9.59 Å². The van der Waals surface area contributed by atoms with Gasteiger partial charge >= 0.3 is 11.9 Å². The third kappa shape index (κ3) is 27.5. The van der Waals surface area contributed by atoms with Gasteiger partial charge in [-0.2, -0.15) is 0 Å². The Morgan fingerprint density at radius 3 is 1.41 bits per heavy atom. The molecule has 0 spiro atoms. The molecule has 2 fully saturated rings. The van der Waals surface area contributed by atoms with E-state index in [0.29, 0.717) is 67.7 Å². The Kier molecular flexibility index (Phi) is 30.7. The van der Waals surface area contributed by atoms with Crippen molar-refractivity contribution in [2.75, 3.05) is 39.5 Å². The molecular formula is C50H95NO5. The van der Waals surface area contributed by atoms with Gasteiger partial charge in [0.05, 0.1) is 19.3 Å². The van der Waals surface area contributed by atoms with Gasteiger partial charge in [0.15, 0.2) is 0 Å². The van der Waals surface area contributed by atoms with Crippen LogP contribution in [0.25, 0.3) is 0 Å². The first-order valence-corrected chi connectivity index (χ1v) is 24.8. The number of rotatable bonds is 8. The fraction of sp³-hybridized carbons (Fsp3) is 0.960. The summed E-state index contributed by atoms with van der Waals surface area (Å²) in [5.74, 6) is 3.85. The van der Waals surface area contributed by atoms with Crippen LogP contribution >= 0.6 is 0 Å². The van der Waals surface area contributed by atoms with E-state index in [1.54, 1.807) is 0 Å². The van der Waals surface area contributed by atoms with Crippen LogP contribution in [-0.4, -0.2) is 62.4 Å². The summed E-state index contributed by atoms with van der Waals surface area (Å²) in [6.07, 6.45) is 34.2. The summed E-state index contributed by atoms with van der Waals surface area (Å²) >= 11 is 0. The van der Waals surface area contributed by atoms with Crippen molar-refractivity contribution in [1.82, 2.24) is 4.90 Å². The van der Waals surface area contributed by atoms with Crippen molar-refractivity contribution in [2.45, 2.75) is 234 Å². The van der Waals surface area contributed by atoms with Gasteiger partial charge < -0.3 is 19.1 Å². The van der Waals surface area contributed by atoms with Crippen molar-refractivity contribution >= 4 is 11.9 Å². The lowest BCUT2D eigenvalue weighted by atomic mass is 9.81. The van der Waals surface area contributed by atoms with E-state index in [2.05, 4.69) is 46.4 Å². The van der Waals surface area contributed by atoms with Gasteiger partial charge in [0.2, 0.25) is 0 Å². The number of nitrogens with zero attached hydrogens (tertiary/aromatic N) is 1. The quantitative estimate of drug-likeness (QED) is 0.180. The third-order valence-corrected chi connectivity index (χ3v) is 13.5. The van der Waals surface area contributed by atoms with E-state index < -0.39 is 0 Å². The number of ether oxygens (including phenoxy) is 3. The second-order valence-corrected chi connectivity index (χ2v) is 19.4. The summed E-state index contributed by atoms with van der Waals surface area (Å²) in [6.45, 7) is 20.0. The van der Waals surface area contributed by atoms with Crippen LogP contribution in [0.2, 0.25) is 0 Å². The number of hydrogen-bond donors (Lipinski definition) is 0. The van der Waals surface area contributed by atoms with Crippen molar-refractivity contribution < 1.29 is 23.8 Å². The average molecular weight is 790 g/mol. The van der Waals surface area contributed by atoms with E-state index in [-0.39, 0.29) is 11.9 Å². The Labute approximate surface area is 348 Å². The predicted molar refractivity (Wildman–Crippen MR) is 237 cm³/mol. The molecule has 330 valence electrons. The zero-order valence-electron chi connectivity index (χ0n) is 38.3. The predicted octanol–water partition coefficient (Wildman–Crippen LogP) is 13.9. The highest BCUT2D eigenvalue weighted by Crippen LogP contribution is 2.30. The van der Waals surface area contributed by atoms with E-state index in [4.69, 9.17) is 14.2 Å². The Bertz CT molecular complexity index is 872. The highest BCUT2D eigenvalue weighted by atomic mass is 16.5. The molecule has 0 aromatic rings. The van der Waals surface area contributed by atoms with Crippen LogP contribution in [0.3, 0.4) is 0 Å². The van der Waals surface area contributed by atoms with Crippen LogP contribution in [0, 0.1) is 35.5 Å². The molecule has 4 atom stereocenters. The molecular weight excluding hydrogens is 695 g/mol. The van der Waals surface area contributed by atoms with Crippen molar-refractivity contribution in [1.29, 1.82) is 0 Å². The molecule has 2 aliphatic heterocycles. The number of cyclic esters (lactones) is 2. The number of unbranched alkanes of at least 4 members (excludes halogenated alkanes) is 1. The van der Waals surface area contributed by atoms with Crippen LogP contribution in [-0.2, 0) is 23.8 Å². The van der Waals surface area contributed by atoms with Gasteiger partial charge in [-0.05, 0) is 139 Å². The van der Waals surface area contributed by atoms with Crippen molar-refractivity contribution in [3.63, 3.8) is 0 Å². The minimum Gasteiger partial charge on any atom is -0.466 e. The maximum absolute atomic E-state index is 12.5. The van der Waals surface area contributed by atoms with Gasteiger partial charge in [0.25, 0.3) is 0 Å². The number of esters is 2. The second kappa shape index (κ2) is 33.7. The molecule has 6 heteroatoms. The van der Waals surface area contributed by atoms with Gasteiger partial charge in [-0.25, -0.2) is 0 Å². The van der Waals surface area contributed by atoms with Crippen molar-refractivity contribution in [2.24, 2.45) is 35.5 Å². The average Bonchev–Trinajstić information content (AvgIpc) is 3.68. The Morgan fingerprint density at radius 1 is 0.536 bits per heavy atom. The largest absolute Gasteiger partial charge is 0.466 e. The van der Waals surface area contributed by atoms with Crippen molar-refractivity contribution in [3.05, 3.63) is 0 Å². The monoisotopic (exact) mass is 790 g/mol. The summed E-state index contributed by atoms with van der Waals surface area (Å²) in [5, 5.41) is 0. The zero-order chi connectivity index (χ0) is 40.6. The van der Waals surface area contributed by atoms with Crippen LogP contribution in [0.4, 0.5) is 0 Å². The minimum atomic E-state index is -0.00197. The molecule has 0 bridgehead atoms. The van der Waals surface area contributed by atoms with Gasteiger partial charge in [0.1, 0.15) is 0 Å². The van der Waals surface area contributed by atoms with Gasteiger partial charge in [0, 0.05) is 19.4 Å². The van der Waals surface area contributed by atoms with E-state index in [9.17, 15) is 9.59 Å². The first kappa shape index (κ1) is 51.0. The molecule has 56 heavy (non-hydrogen) atoms. The molecule has 2 aliphatic rings. The summed E-state index contributed by atoms with van der Waals surface area (Å²) < 4.78 is 18.0. The first-order valence-electron chi connectivity index (χ1n) is 24.8. The Balaban J connectivity index is 1.80. The number of carbonyl (C=O) groups excluding carboxylic acids is 2. The molecule has 0 radical (unpaired) electrons. The minimum absolute atomic E-state index is 0.00197. The Hall–Kier alpha value is -1.14. The lowest BCUT2D eigenvalue weighted by Gasteiger charge is -2.25. The molecule has 0 aromatic carbocycles. The molecule has 0 N–H and O–H groups in total. The molecule has 0 saturated carbocycles. The fourth-order valence-electron chi connectivity index (χ4n) is 9.39. The molecule has 2 saturated heterocycles. The van der Waals surface area contributed by atoms with E-state index in [0.717, 1.165) is 45.1 Å². The molecule has 4 unspecified atom stereocenters. The molecule has 0 aliphatic carbocycles. The summed E-state index contributed by atoms with van der Waals surface area (Å²) in [6, 6.07) is 0. The second-order valence-electron chi connectivity index (χ2n) is 19.4. The molecule has 2 rings (SSSR count). The molecule has 6 nitrogen and oxygen atoms in total. The smallest absolute Gasteiger partial charge is 0.305 e. The highest BCUT2D eigenvalue weighted by molar-refractivity contribution is 5.69. The maximum Gasteiger partial charge on any atom is 0.305 e. The van der Waals surface area contributed by atoms with E-state index in [1.807, 2.05) is 0 Å².